The van der Waals surface area contributed by atoms with Gasteiger partial charge in [0.15, 0.2) is 0 Å². The van der Waals surface area contributed by atoms with Crippen LogP contribution < -0.4 is 5.32 Å². The first-order valence-corrected chi connectivity index (χ1v) is 7.75. The summed E-state index contributed by atoms with van der Waals surface area (Å²) in [7, 11) is 3.89. The minimum atomic E-state index is 0.211. The van der Waals surface area contributed by atoms with Crippen LogP contribution in [0.4, 0.5) is 0 Å². The lowest BCUT2D eigenvalue weighted by Crippen LogP contribution is -2.37. The minimum absolute atomic E-state index is 0.211. The topological polar surface area (TPSA) is 35.6 Å². The molecule has 2 rings (SSSR count). The highest BCUT2D eigenvalue weighted by Gasteiger charge is 2.24. The van der Waals surface area contributed by atoms with Crippen molar-refractivity contribution in [3.63, 3.8) is 0 Å². The smallest absolute Gasteiger partial charge is 0.236 e. The second kappa shape index (κ2) is 7.57. The minimum Gasteiger partial charge on any atom is -0.340 e. The maximum atomic E-state index is 12.3. The largest absolute Gasteiger partial charge is 0.340 e. The van der Waals surface area contributed by atoms with Crippen LogP contribution in [0.5, 0.6) is 0 Å². The maximum absolute atomic E-state index is 12.3. The van der Waals surface area contributed by atoms with Gasteiger partial charge in [-0.1, -0.05) is 24.3 Å². The molecule has 1 aromatic carbocycles. The Morgan fingerprint density at radius 2 is 2.19 bits per heavy atom. The lowest BCUT2D eigenvalue weighted by Gasteiger charge is -2.22. The number of likely N-dealkylation sites (tertiary alicyclic amines) is 1. The van der Waals surface area contributed by atoms with E-state index in [1.54, 1.807) is 0 Å². The normalized spacial score (nSPS) is 18.9. The van der Waals surface area contributed by atoms with Gasteiger partial charge in [0.2, 0.25) is 5.91 Å². The summed E-state index contributed by atoms with van der Waals surface area (Å²) in [6.07, 6.45) is 1.19. The fraction of sp³-hybridized carbons (Fsp3) is 0.588. The average molecular weight is 289 g/mol. The van der Waals surface area contributed by atoms with Gasteiger partial charge in [-0.15, -0.1) is 0 Å². The molecule has 0 aromatic heterocycles. The molecule has 4 nitrogen and oxygen atoms in total. The summed E-state index contributed by atoms with van der Waals surface area (Å²) in [5.41, 5.74) is 2.47. The molecule has 1 heterocycles. The van der Waals surface area contributed by atoms with Crippen LogP contribution in [0, 0.1) is 12.8 Å². The molecule has 4 heteroatoms. The number of aryl methyl sites for hydroxylation is 1. The molecule has 1 amide bonds. The van der Waals surface area contributed by atoms with Crippen LogP contribution in [0.2, 0.25) is 0 Å². The fourth-order valence-corrected chi connectivity index (χ4v) is 2.95. The van der Waals surface area contributed by atoms with Crippen molar-refractivity contribution in [2.24, 2.45) is 5.92 Å². The standard InChI is InChI=1S/C17H27N3O/c1-14-6-4-5-7-16(14)12-19(3)17(21)13-20-9-8-15(11-20)10-18-2/h4-7,15,18H,8-13H2,1-3H3. The quantitative estimate of drug-likeness (QED) is 0.862. The van der Waals surface area contributed by atoms with E-state index in [-0.39, 0.29) is 5.91 Å². The van der Waals surface area contributed by atoms with Gasteiger partial charge in [-0.2, -0.15) is 0 Å². The molecule has 0 spiro atoms. The number of carbonyl (C=O) groups excluding carboxylic acids is 1. The van der Waals surface area contributed by atoms with Gasteiger partial charge in [0.1, 0.15) is 0 Å². The Morgan fingerprint density at radius 3 is 2.90 bits per heavy atom. The molecule has 1 atom stereocenters. The van der Waals surface area contributed by atoms with Gasteiger partial charge < -0.3 is 10.2 Å². The summed E-state index contributed by atoms with van der Waals surface area (Å²) < 4.78 is 0. The van der Waals surface area contributed by atoms with E-state index in [1.165, 1.54) is 17.5 Å². The summed E-state index contributed by atoms with van der Waals surface area (Å²) >= 11 is 0. The molecule has 1 unspecified atom stereocenters. The van der Waals surface area contributed by atoms with Crippen LogP contribution in [-0.4, -0.2) is 56.0 Å². The molecule has 116 valence electrons. The highest BCUT2D eigenvalue weighted by atomic mass is 16.2. The Morgan fingerprint density at radius 1 is 1.43 bits per heavy atom. The van der Waals surface area contributed by atoms with Gasteiger partial charge in [-0.25, -0.2) is 0 Å². The summed E-state index contributed by atoms with van der Waals surface area (Å²) in [4.78, 5) is 16.5. The number of hydrogen-bond acceptors (Lipinski definition) is 3. The molecule has 1 N–H and O–H groups in total. The molecular formula is C17H27N3O. The second-order valence-corrected chi connectivity index (χ2v) is 6.12. The van der Waals surface area contributed by atoms with Crippen molar-refractivity contribution in [1.82, 2.24) is 15.1 Å². The Kier molecular flexibility index (Phi) is 5.76. The van der Waals surface area contributed by atoms with E-state index >= 15 is 0 Å². The zero-order valence-corrected chi connectivity index (χ0v) is 13.4. The first kappa shape index (κ1) is 16.0. The van der Waals surface area contributed by atoms with Crippen molar-refractivity contribution in [2.45, 2.75) is 19.9 Å². The third kappa shape index (κ3) is 4.55. The fourth-order valence-electron chi connectivity index (χ4n) is 2.95. The Hall–Kier alpha value is -1.39. The van der Waals surface area contributed by atoms with Crippen LogP contribution in [0.15, 0.2) is 24.3 Å². The van der Waals surface area contributed by atoms with Crippen molar-refractivity contribution < 1.29 is 4.79 Å². The van der Waals surface area contributed by atoms with E-state index in [0.717, 1.165) is 19.6 Å². The Bertz CT molecular complexity index is 475. The molecule has 0 saturated carbocycles. The van der Waals surface area contributed by atoms with E-state index in [4.69, 9.17) is 0 Å². The van der Waals surface area contributed by atoms with Crippen molar-refractivity contribution in [2.75, 3.05) is 40.3 Å². The molecule has 0 aliphatic carbocycles. The molecule has 1 aliphatic heterocycles. The van der Waals surface area contributed by atoms with E-state index < -0.39 is 0 Å². The number of likely N-dealkylation sites (N-methyl/N-ethyl adjacent to an activating group) is 1. The number of nitrogens with one attached hydrogen (secondary N) is 1. The zero-order valence-electron chi connectivity index (χ0n) is 13.4. The van der Waals surface area contributed by atoms with Crippen molar-refractivity contribution >= 4 is 5.91 Å². The number of carbonyl (C=O) groups is 1. The lowest BCUT2D eigenvalue weighted by atomic mass is 10.1. The summed E-state index contributed by atoms with van der Waals surface area (Å²) in [6, 6.07) is 8.25. The predicted octanol–water partition coefficient (Wildman–Crippen LogP) is 1.49. The number of hydrogen-bond donors (Lipinski definition) is 1. The highest BCUT2D eigenvalue weighted by Crippen LogP contribution is 2.15. The highest BCUT2D eigenvalue weighted by molar-refractivity contribution is 5.78. The third-order valence-corrected chi connectivity index (χ3v) is 4.32. The Balaban J connectivity index is 1.82. The molecule has 1 aromatic rings. The van der Waals surface area contributed by atoms with Crippen molar-refractivity contribution in [1.29, 1.82) is 0 Å². The lowest BCUT2D eigenvalue weighted by molar-refractivity contribution is -0.131. The van der Waals surface area contributed by atoms with Crippen molar-refractivity contribution in [3.05, 3.63) is 35.4 Å². The van der Waals surface area contributed by atoms with Gasteiger partial charge >= 0.3 is 0 Å². The average Bonchev–Trinajstić information content (AvgIpc) is 2.89. The van der Waals surface area contributed by atoms with Gasteiger partial charge in [-0.3, -0.25) is 9.69 Å². The number of rotatable bonds is 6. The summed E-state index contributed by atoms with van der Waals surface area (Å²) in [5, 5.41) is 3.22. The first-order chi connectivity index (χ1) is 10.1. The predicted molar refractivity (Wildman–Crippen MR) is 86.1 cm³/mol. The van der Waals surface area contributed by atoms with Gasteiger partial charge in [-0.05, 0) is 50.5 Å². The monoisotopic (exact) mass is 289 g/mol. The van der Waals surface area contributed by atoms with Gasteiger partial charge in [0.25, 0.3) is 0 Å². The number of benzene rings is 1. The molecule has 1 fully saturated rings. The molecule has 1 aliphatic rings. The molecule has 1 saturated heterocycles. The van der Waals surface area contributed by atoms with Crippen LogP contribution in [0.25, 0.3) is 0 Å². The third-order valence-electron chi connectivity index (χ3n) is 4.32. The van der Waals surface area contributed by atoms with Crippen LogP contribution in [-0.2, 0) is 11.3 Å². The van der Waals surface area contributed by atoms with Crippen LogP contribution in [0.3, 0.4) is 0 Å². The van der Waals surface area contributed by atoms with Gasteiger partial charge in [0.05, 0.1) is 6.54 Å². The SMILES string of the molecule is CNCC1CCN(CC(=O)N(C)Cc2ccccc2C)C1. The van der Waals surface area contributed by atoms with E-state index in [9.17, 15) is 4.79 Å². The van der Waals surface area contributed by atoms with E-state index in [1.807, 2.05) is 31.1 Å². The van der Waals surface area contributed by atoms with Gasteiger partial charge in [0, 0.05) is 20.1 Å². The van der Waals surface area contributed by atoms with Crippen molar-refractivity contribution in [3.8, 4) is 0 Å². The number of amides is 1. The summed E-state index contributed by atoms with van der Waals surface area (Å²) in [5.74, 6) is 0.896. The molecule has 21 heavy (non-hydrogen) atoms. The van der Waals surface area contributed by atoms with Crippen LogP contribution >= 0.6 is 0 Å². The van der Waals surface area contributed by atoms with Crippen LogP contribution in [0.1, 0.15) is 17.5 Å². The second-order valence-electron chi connectivity index (χ2n) is 6.12. The van der Waals surface area contributed by atoms with E-state index in [2.05, 4.69) is 29.3 Å². The Labute approximate surface area is 128 Å². The molecular weight excluding hydrogens is 262 g/mol. The van der Waals surface area contributed by atoms with E-state index in [0.29, 0.717) is 19.0 Å². The summed E-state index contributed by atoms with van der Waals surface area (Å²) in [6.45, 7) is 6.45. The molecule has 0 bridgehead atoms. The zero-order chi connectivity index (χ0) is 15.2. The number of nitrogens with zero attached hydrogens (tertiary/aromatic N) is 2. The molecule has 0 radical (unpaired) electrons. The first-order valence-electron chi connectivity index (χ1n) is 7.75. The maximum Gasteiger partial charge on any atom is 0.236 e.